The quantitative estimate of drug-likeness (QED) is 0.0378. The molecule has 50 heavy (non-hydrogen) atoms. The van der Waals surface area contributed by atoms with Crippen LogP contribution in [-0.4, -0.2) is 42.2 Å². The lowest BCUT2D eigenvalue weighted by atomic mass is 9.93. The topological polar surface area (TPSA) is 66.4 Å². The molecule has 0 saturated heterocycles. The number of unbranched alkanes of at least 4 members (excludes halogenated alkanes) is 31. The lowest BCUT2D eigenvalue weighted by Gasteiger charge is -2.30. The number of quaternary nitrogens is 1. The van der Waals surface area contributed by atoms with Gasteiger partial charge in [-0.1, -0.05) is 219 Å². The van der Waals surface area contributed by atoms with Gasteiger partial charge < -0.3 is 5.11 Å². The summed E-state index contributed by atoms with van der Waals surface area (Å²) in [7, 11) is 4.25. The third-order valence-electron chi connectivity index (χ3n) is 10.9. The Kier molecular flexibility index (Phi) is 36.8. The molecule has 0 saturated carbocycles. The molecule has 0 rings (SSSR count). The minimum atomic E-state index is -0.661. The SMILES string of the molecule is CCCCCCCCCCCCCCCCCCCCC(CCCCCCCCCCCCCCCCCC(=O)O)C(=O)N[N+](C)(C)CCC. The van der Waals surface area contributed by atoms with Gasteiger partial charge in [0, 0.05) is 12.3 Å². The molecule has 1 amide bonds. The standard InChI is InChI=1S/C45H90N2O3/c1-5-7-8-9-10-11-12-13-14-15-16-18-21-24-27-30-33-36-39-43(45(50)46-47(3,4)42-6-2)40-37-34-31-28-25-22-19-17-20-23-26-29-32-35-38-41-44(48)49/h43H,5-42H2,1-4H3,(H-,46,48,49,50)/p+1. The number of nitrogens with zero attached hydrogens (tertiary/aromatic N) is 1. The Labute approximate surface area is 313 Å². The third kappa shape index (κ3) is 36.7. The van der Waals surface area contributed by atoms with Crippen LogP contribution in [0.1, 0.15) is 251 Å². The van der Waals surface area contributed by atoms with E-state index < -0.39 is 5.97 Å². The lowest BCUT2D eigenvalue weighted by Crippen LogP contribution is -2.56. The molecule has 0 spiro atoms. The highest BCUT2D eigenvalue weighted by molar-refractivity contribution is 5.77. The van der Waals surface area contributed by atoms with Gasteiger partial charge >= 0.3 is 5.97 Å². The Morgan fingerprint density at radius 2 is 0.720 bits per heavy atom. The predicted octanol–water partition coefficient (Wildman–Crippen LogP) is 14.3. The van der Waals surface area contributed by atoms with Crippen LogP contribution in [0.3, 0.4) is 0 Å². The van der Waals surface area contributed by atoms with E-state index in [0.717, 1.165) is 38.6 Å². The van der Waals surface area contributed by atoms with Crippen molar-refractivity contribution >= 4 is 11.9 Å². The predicted molar refractivity (Wildman–Crippen MR) is 218 cm³/mol. The van der Waals surface area contributed by atoms with Gasteiger partial charge in [0.25, 0.3) is 5.91 Å². The van der Waals surface area contributed by atoms with E-state index in [-0.39, 0.29) is 11.8 Å². The van der Waals surface area contributed by atoms with E-state index in [0.29, 0.717) is 11.0 Å². The molecular weight excluding hydrogens is 617 g/mol. The summed E-state index contributed by atoms with van der Waals surface area (Å²) in [5, 5.41) is 8.70. The highest BCUT2D eigenvalue weighted by Gasteiger charge is 2.24. The number of nitrogens with one attached hydrogen (secondary N) is 1. The molecule has 298 valence electrons. The first kappa shape index (κ1) is 48.9. The molecule has 0 aromatic carbocycles. The molecule has 2 N–H and O–H groups in total. The Balaban J connectivity index is 3.90. The fraction of sp³-hybridized carbons (Fsp3) is 0.956. The molecule has 0 heterocycles. The van der Waals surface area contributed by atoms with Crippen molar-refractivity contribution in [1.29, 1.82) is 0 Å². The number of carboxylic acid groups (broad SMARTS) is 1. The minimum absolute atomic E-state index is 0.176. The number of amides is 1. The van der Waals surface area contributed by atoms with Gasteiger partial charge in [-0.15, -0.1) is 0 Å². The van der Waals surface area contributed by atoms with Crippen molar-refractivity contribution in [2.24, 2.45) is 5.92 Å². The average molecular weight is 708 g/mol. The molecule has 5 nitrogen and oxygen atoms in total. The molecule has 5 heteroatoms. The Morgan fingerprint density at radius 1 is 0.440 bits per heavy atom. The van der Waals surface area contributed by atoms with Gasteiger partial charge in [-0.3, -0.25) is 9.59 Å². The molecule has 0 aromatic heterocycles. The van der Waals surface area contributed by atoms with Crippen LogP contribution < -0.4 is 5.43 Å². The first-order valence-electron chi connectivity index (χ1n) is 22.7. The van der Waals surface area contributed by atoms with Gasteiger partial charge in [0.15, 0.2) is 0 Å². The number of aliphatic carboxylic acids is 1. The van der Waals surface area contributed by atoms with E-state index in [2.05, 4.69) is 33.4 Å². The van der Waals surface area contributed by atoms with E-state index >= 15 is 0 Å². The normalized spacial score (nSPS) is 12.4. The zero-order valence-corrected chi connectivity index (χ0v) is 34.7. The van der Waals surface area contributed by atoms with E-state index in [4.69, 9.17) is 5.11 Å². The summed E-state index contributed by atoms with van der Waals surface area (Å²) in [6.45, 7) is 5.47. The fourth-order valence-corrected chi connectivity index (χ4v) is 7.67. The number of hydrogen-bond acceptors (Lipinski definition) is 2. The molecule has 0 radical (unpaired) electrons. The number of hydrogen-bond donors (Lipinski definition) is 2. The fourth-order valence-electron chi connectivity index (χ4n) is 7.67. The smallest absolute Gasteiger partial charge is 0.303 e. The Morgan fingerprint density at radius 3 is 1.00 bits per heavy atom. The van der Waals surface area contributed by atoms with E-state index in [1.165, 1.54) is 199 Å². The second-order valence-corrected chi connectivity index (χ2v) is 16.6. The largest absolute Gasteiger partial charge is 0.481 e. The molecule has 0 bridgehead atoms. The number of carbonyl (C=O) groups excluding carboxylic acids is 1. The van der Waals surface area contributed by atoms with E-state index in [1.807, 2.05) is 0 Å². The average Bonchev–Trinajstić information content (AvgIpc) is 3.07. The highest BCUT2D eigenvalue weighted by Crippen LogP contribution is 2.21. The Bertz CT molecular complexity index is 725. The lowest BCUT2D eigenvalue weighted by molar-refractivity contribution is -0.925. The molecule has 0 aromatic rings. The monoisotopic (exact) mass is 708 g/mol. The maximum atomic E-state index is 13.3. The Hall–Kier alpha value is -1.10. The van der Waals surface area contributed by atoms with Crippen LogP contribution in [0, 0.1) is 5.92 Å². The first-order chi connectivity index (χ1) is 24.3. The zero-order chi connectivity index (χ0) is 36.8. The minimum Gasteiger partial charge on any atom is -0.481 e. The second-order valence-electron chi connectivity index (χ2n) is 16.6. The van der Waals surface area contributed by atoms with Crippen molar-refractivity contribution in [3.8, 4) is 0 Å². The molecule has 1 unspecified atom stereocenters. The van der Waals surface area contributed by atoms with Gasteiger partial charge in [0.05, 0.1) is 14.1 Å². The summed E-state index contributed by atoms with van der Waals surface area (Å²) >= 11 is 0. The summed E-state index contributed by atoms with van der Waals surface area (Å²) in [5.41, 5.74) is 3.35. The summed E-state index contributed by atoms with van der Waals surface area (Å²) in [6, 6.07) is 0. The van der Waals surface area contributed by atoms with Gasteiger partial charge in [0.2, 0.25) is 0 Å². The third-order valence-corrected chi connectivity index (χ3v) is 10.9. The molecule has 1 atom stereocenters. The molecule has 0 fully saturated rings. The molecule has 0 aliphatic heterocycles. The number of rotatable bonds is 41. The highest BCUT2D eigenvalue weighted by atomic mass is 16.4. The maximum absolute atomic E-state index is 13.3. The van der Waals surface area contributed by atoms with Crippen molar-refractivity contribution in [3.05, 3.63) is 0 Å². The van der Waals surface area contributed by atoms with Crippen LogP contribution in [0.15, 0.2) is 0 Å². The van der Waals surface area contributed by atoms with Gasteiger partial charge in [-0.25, -0.2) is 10.0 Å². The maximum Gasteiger partial charge on any atom is 0.303 e. The molecule has 0 aliphatic rings. The number of carboxylic acids is 1. The molecular formula is C45H91N2O3+. The van der Waals surface area contributed by atoms with Crippen molar-refractivity contribution in [1.82, 2.24) is 5.43 Å². The van der Waals surface area contributed by atoms with E-state index in [9.17, 15) is 9.59 Å². The summed E-state index contributed by atoms with van der Waals surface area (Å²) in [5.74, 6) is -0.200. The number of carbonyl (C=O) groups is 2. The van der Waals surface area contributed by atoms with Crippen LogP contribution in [0.25, 0.3) is 0 Å². The second kappa shape index (κ2) is 37.7. The van der Waals surface area contributed by atoms with Crippen molar-refractivity contribution in [3.63, 3.8) is 0 Å². The van der Waals surface area contributed by atoms with E-state index in [1.54, 1.807) is 0 Å². The molecule has 0 aliphatic carbocycles. The van der Waals surface area contributed by atoms with Crippen LogP contribution in [0.4, 0.5) is 0 Å². The zero-order valence-electron chi connectivity index (χ0n) is 34.7. The van der Waals surface area contributed by atoms with Gasteiger partial charge in [0.1, 0.15) is 6.54 Å². The van der Waals surface area contributed by atoms with Crippen LogP contribution in [0.2, 0.25) is 0 Å². The summed E-state index contributed by atoms with van der Waals surface area (Å²) in [4.78, 5) is 23.9. The van der Waals surface area contributed by atoms with Gasteiger partial charge in [-0.2, -0.15) is 0 Å². The van der Waals surface area contributed by atoms with Crippen LogP contribution in [-0.2, 0) is 9.59 Å². The first-order valence-corrected chi connectivity index (χ1v) is 22.7. The van der Waals surface area contributed by atoms with Crippen LogP contribution >= 0.6 is 0 Å². The summed E-state index contributed by atoms with van der Waals surface area (Å²) in [6.07, 6.45) is 47.6. The van der Waals surface area contributed by atoms with Crippen molar-refractivity contribution in [2.75, 3.05) is 20.6 Å². The van der Waals surface area contributed by atoms with Crippen molar-refractivity contribution < 1.29 is 19.3 Å². The summed E-state index contributed by atoms with van der Waals surface area (Å²) < 4.78 is 0.597. The van der Waals surface area contributed by atoms with Crippen molar-refractivity contribution in [2.45, 2.75) is 251 Å². The van der Waals surface area contributed by atoms with Crippen LogP contribution in [0.5, 0.6) is 0 Å². The van der Waals surface area contributed by atoms with Gasteiger partial charge in [-0.05, 0) is 25.7 Å².